The first-order valence-corrected chi connectivity index (χ1v) is 6.52. The Morgan fingerprint density at radius 3 is 2.50 bits per heavy atom. The number of nitrogens with two attached hydrogens (primary N) is 1. The van der Waals surface area contributed by atoms with Crippen LogP contribution in [0.5, 0.6) is 5.75 Å². The van der Waals surface area contributed by atoms with Crippen LogP contribution in [0.2, 0.25) is 0 Å². The zero-order valence-corrected chi connectivity index (χ0v) is 13.2. The van der Waals surface area contributed by atoms with E-state index in [-0.39, 0.29) is 43.1 Å². The SMILES string of the molecule is CC(N)CCC(=O)N(C)Cc1ccccc1OC(F)(F)F.Cl. The third-order valence-corrected chi connectivity index (χ3v) is 2.85. The van der Waals surface area contributed by atoms with Crippen molar-refractivity contribution in [2.75, 3.05) is 7.05 Å². The highest BCUT2D eigenvalue weighted by molar-refractivity contribution is 5.85. The van der Waals surface area contributed by atoms with Crippen molar-refractivity contribution in [1.82, 2.24) is 4.90 Å². The molecule has 1 amide bonds. The van der Waals surface area contributed by atoms with E-state index in [0.717, 1.165) is 0 Å². The van der Waals surface area contributed by atoms with Crippen LogP contribution in [0.15, 0.2) is 24.3 Å². The third kappa shape index (κ3) is 7.51. The summed E-state index contributed by atoms with van der Waals surface area (Å²) in [6.07, 6.45) is -3.96. The van der Waals surface area contributed by atoms with E-state index in [1.165, 1.54) is 30.1 Å². The number of ether oxygens (including phenoxy) is 1. The average Bonchev–Trinajstić information content (AvgIpc) is 2.36. The number of carbonyl (C=O) groups is 1. The summed E-state index contributed by atoms with van der Waals surface area (Å²) in [6, 6.07) is 5.67. The molecule has 0 aliphatic rings. The first kappa shape index (κ1) is 20.5. The van der Waals surface area contributed by atoms with E-state index in [2.05, 4.69) is 4.74 Å². The van der Waals surface area contributed by atoms with Crippen molar-refractivity contribution in [3.8, 4) is 5.75 Å². The minimum atomic E-state index is -4.76. The smallest absolute Gasteiger partial charge is 0.405 e. The molecule has 1 atom stereocenters. The van der Waals surface area contributed by atoms with Gasteiger partial charge in [0.15, 0.2) is 0 Å². The van der Waals surface area contributed by atoms with Crippen LogP contribution < -0.4 is 10.5 Å². The third-order valence-electron chi connectivity index (χ3n) is 2.85. The molecule has 2 N–H and O–H groups in total. The Bertz CT molecular complexity index is 481. The molecule has 4 nitrogen and oxygen atoms in total. The van der Waals surface area contributed by atoms with E-state index in [0.29, 0.717) is 12.0 Å². The van der Waals surface area contributed by atoms with Gasteiger partial charge in [0, 0.05) is 31.6 Å². The molecule has 1 rings (SSSR count). The van der Waals surface area contributed by atoms with Crippen LogP contribution >= 0.6 is 12.4 Å². The molecule has 0 bridgehead atoms. The van der Waals surface area contributed by atoms with Crippen molar-refractivity contribution in [3.05, 3.63) is 29.8 Å². The molecule has 0 radical (unpaired) electrons. The number of amides is 1. The van der Waals surface area contributed by atoms with E-state index < -0.39 is 6.36 Å². The first-order valence-electron chi connectivity index (χ1n) is 6.52. The number of alkyl halides is 3. The van der Waals surface area contributed by atoms with Crippen molar-refractivity contribution >= 4 is 18.3 Å². The number of hydrogen-bond donors (Lipinski definition) is 1. The Morgan fingerprint density at radius 1 is 1.36 bits per heavy atom. The fourth-order valence-corrected chi connectivity index (χ4v) is 1.74. The molecule has 0 aromatic heterocycles. The maximum absolute atomic E-state index is 12.3. The Hall–Kier alpha value is -1.47. The van der Waals surface area contributed by atoms with Crippen LogP contribution in [-0.2, 0) is 11.3 Å². The van der Waals surface area contributed by atoms with Crippen molar-refractivity contribution in [1.29, 1.82) is 0 Å². The van der Waals surface area contributed by atoms with Crippen LogP contribution in [0.4, 0.5) is 13.2 Å². The molecule has 0 spiro atoms. The predicted molar refractivity (Wildman–Crippen MR) is 79.7 cm³/mol. The lowest BCUT2D eigenvalue weighted by molar-refractivity contribution is -0.275. The van der Waals surface area contributed by atoms with Crippen molar-refractivity contribution < 1.29 is 22.7 Å². The monoisotopic (exact) mass is 340 g/mol. The maximum atomic E-state index is 12.3. The van der Waals surface area contributed by atoms with Gasteiger partial charge in [-0.3, -0.25) is 4.79 Å². The number of halogens is 4. The Kier molecular flexibility index (Phi) is 8.26. The average molecular weight is 341 g/mol. The summed E-state index contributed by atoms with van der Waals surface area (Å²) < 4.78 is 40.9. The summed E-state index contributed by atoms with van der Waals surface area (Å²) in [4.78, 5) is 13.2. The van der Waals surface area contributed by atoms with Crippen LogP contribution in [0.3, 0.4) is 0 Å². The number of hydrogen-bond acceptors (Lipinski definition) is 3. The van der Waals surface area contributed by atoms with Gasteiger partial charge in [-0.2, -0.15) is 0 Å². The van der Waals surface area contributed by atoms with Crippen molar-refractivity contribution in [2.24, 2.45) is 5.73 Å². The molecule has 0 saturated heterocycles. The molecule has 0 aliphatic carbocycles. The van der Waals surface area contributed by atoms with Gasteiger partial charge in [0.25, 0.3) is 0 Å². The molecule has 0 fully saturated rings. The topological polar surface area (TPSA) is 55.6 Å². The fraction of sp³-hybridized carbons (Fsp3) is 0.500. The van der Waals surface area contributed by atoms with Crippen molar-refractivity contribution in [2.45, 2.75) is 38.7 Å². The molecular weight excluding hydrogens is 321 g/mol. The highest BCUT2D eigenvalue weighted by Gasteiger charge is 2.32. The summed E-state index contributed by atoms with van der Waals surface area (Å²) in [5.74, 6) is -0.467. The summed E-state index contributed by atoms with van der Waals surface area (Å²) in [6.45, 7) is 1.84. The second-order valence-electron chi connectivity index (χ2n) is 4.92. The normalized spacial score (nSPS) is 12.3. The zero-order valence-electron chi connectivity index (χ0n) is 12.4. The van der Waals surface area contributed by atoms with Gasteiger partial charge in [-0.05, 0) is 19.4 Å². The van der Waals surface area contributed by atoms with E-state index in [1.54, 1.807) is 13.0 Å². The molecular formula is C14H20ClF3N2O2. The zero-order chi connectivity index (χ0) is 16.0. The van der Waals surface area contributed by atoms with Gasteiger partial charge in [-0.1, -0.05) is 18.2 Å². The first-order chi connectivity index (χ1) is 9.69. The Morgan fingerprint density at radius 2 is 1.95 bits per heavy atom. The van der Waals surface area contributed by atoms with E-state index in [4.69, 9.17) is 5.73 Å². The Balaban J connectivity index is 0.00000441. The van der Waals surface area contributed by atoms with Crippen LogP contribution in [0.1, 0.15) is 25.3 Å². The molecule has 1 aromatic rings. The molecule has 1 aromatic carbocycles. The predicted octanol–water partition coefficient (Wildman–Crippen LogP) is 3.09. The fourth-order valence-electron chi connectivity index (χ4n) is 1.74. The molecule has 22 heavy (non-hydrogen) atoms. The lowest BCUT2D eigenvalue weighted by Gasteiger charge is -2.20. The second-order valence-corrected chi connectivity index (χ2v) is 4.92. The maximum Gasteiger partial charge on any atom is 0.573 e. The largest absolute Gasteiger partial charge is 0.573 e. The number of rotatable bonds is 6. The molecule has 0 saturated carbocycles. The van der Waals surface area contributed by atoms with Gasteiger partial charge < -0.3 is 15.4 Å². The Labute approximate surface area is 133 Å². The second kappa shape index (κ2) is 8.85. The lowest BCUT2D eigenvalue weighted by atomic mass is 10.1. The van der Waals surface area contributed by atoms with E-state index in [9.17, 15) is 18.0 Å². The number of para-hydroxylation sites is 1. The minimum Gasteiger partial charge on any atom is -0.405 e. The quantitative estimate of drug-likeness (QED) is 0.865. The standard InChI is InChI=1S/C14H19F3N2O2.ClH/c1-10(18)7-8-13(20)19(2)9-11-5-3-4-6-12(11)21-14(15,16)17;/h3-6,10H,7-9,18H2,1-2H3;1H. The van der Waals surface area contributed by atoms with Gasteiger partial charge in [0.1, 0.15) is 5.75 Å². The van der Waals surface area contributed by atoms with Gasteiger partial charge >= 0.3 is 6.36 Å². The highest BCUT2D eigenvalue weighted by atomic mass is 35.5. The van der Waals surface area contributed by atoms with Crippen LogP contribution in [0, 0.1) is 0 Å². The van der Waals surface area contributed by atoms with Crippen LogP contribution in [-0.4, -0.2) is 30.3 Å². The minimum absolute atomic E-state index is 0. The molecule has 8 heteroatoms. The number of carbonyl (C=O) groups excluding carboxylic acids is 1. The van der Waals surface area contributed by atoms with E-state index >= 15 is 0 Å². The summed E-state index contributed by atoms with van der Waals surface area (Å²) in [5.41, 5.74) is 5.87. The molecule has 0 aliphatic heterocycles. The van der Waals surface area contributed by atoms with Gasteiger partial charge in [0.2, 0.25) is 5.91 Å². The molecule has 0 heterocycles. The summed E-state index contributed by atoms with van der Waals surface area (Å²) in [7, 11) is 1.54. The summed E-state index contributed by atoms with van der Waals surface area (Å²) in [5, 5.41) is 0. The lowest BCUT2D eigenvalue weighted by Crippen LogP contribution is -2.28. The highest BCUT2D eigenvalue weighted by Crippen LogP contribution is 2.27. The summed E-state index contributed by atoms with van der Waals surface area (Å²) >= 11 is 0. The van der Waals surface area contributed by atoms with E-state index in [1.807, 2.05) is 0 Å². The molecule has 126 valence electrons. The van der Waals surface area contributed by atoms with Gasteiger partial charge in [-0.15, -0.1) is 25.6 Å². The van der Waals surface area contributed by atoms with Crippen molar-refractivity contribution in [3.63, 3.8) is 0 Å². The van der Waals surface area contributed by atoms with Gasteiger partial charge in [-0.25, -0.2) is 0 Å². The number of nitrogens with zero attached hydrogens (tertiary/aromatic N) is 1. The number of benzene rings is 1. The molecule has 1 unspecified atom stereocenters. The van der Waals surface area contributed by atoms with Crippen LogP contribution in [0.25, 0.3) is 0 Å². The van der Waals surface area contributed by atoms with Gasteiger partial charge in [0.05, 0.1) is 0 Å².